The number of aryl methyl sites for hydroxylation is 2. The number of rotatable bonds is 7. The molecule has 0 unspecified atom stereocenters. The van der Waals surface area contributed by atoms with Crippen LogP contribution in [0.4, 0.5) is 5.69 Å². The van der Waals surface area contributed by atoms with Crippen LogP contribution in [-0.2, 0) is 16.1 Å². The van der Waals surface area contributed by atoms with Crippen LogP contribution in [0.2, 0.25) is 5.02 Å². The maximum atomic E-state index is 12.5. The number of nitrogens with one attached hydrogen (secondary N) is 1. The smallest absolute Gasteiger partial charge is 0.342 e. The SMILES string of the molecule is Cc1noc(C)c1COc1ccccc1C(=O)OCC(=O)Nc1cccc(Cl)c1C. The number of esters is 1. The number of hydrogen-bond acceptors (Lipinski definition) is 6. The lowest BCUT2D eigenvalue weighted by atomic mass is 10.2. The highest BCUT2D eigenvalue weighted by Gasteiger charge is 2.17. The highest BCUT2D eigenvalue weighted by Crippen LogP contribution is 2.24. The Hall–Kier alpha value is -3.32. The van der Waals surface area contributed by atoms with Crippen LogP contribution in [0.5, 0.6) is 5.75 Å². The normalized spacial score (nSPS) is 10.5. The van der Waals surface area contributed by atoms with Crippen molar-refractivity contribution < 1.29 is 23.6 Å². The fraction of sp³-hybridized carbons (Fsp3) is 0.227. The van der Waals surface area contributed by atoms with E-state index in [9.17, 15) is 9.59 Å². The van der Waals surface area contributed by atoms with Crippen LogP contribution in [0.3, 0.4) is 0 Å². The van der Waals surface area contributed by atoms with E-state index in [2.05, 4.69) is 10.5 Å². The van der Waals surface area contributed by atoms with Gasteiger partial charge in [-0.15, -0.1) is 0 Å². The first-order valence-electron chi connectivity index (χ1n) is 9.22. The molecule has 1 amide bonds. The Bertz CT molecular complexity index is 1060. The standard InChI is InChI=1S/C22H21ClN2O5/c1-13-18(23)8-6-9-19(13)24-21(26)12-29-22(27)16-7-4-5-10-20(16)28-11-17-14(2)25-30-15(17)3/h4-10H,11-12H2,1-3H3,(H,24,26). The fourth-order valence-electron chi connectivity index (χ4n) is 2.76. The quantitative estimate of drug-likeness (QED) is 0.552. The van der Waals surface area contributed by atoms with Gasteiger partial charge < -0.3 is 19.3 Å². The van der Waals surface area contributed by atoms with Crippen LogP contribution in [0.25, 0.3) is 0 Å². The summed E-state index contributed by atoms with van der Waals surface area (Å²) in [5.74, 6) is -0.140. The van der Waals surface area contributed by atoms with E-state index in [1.807, 2.05) is 6.92 Å². The largest absolute Gasteiger partial charge is 0.488 e. The zero-order chi connectivity index (χ0) is 21.7. The minimum Gasteiger partial charge on any atom is -0.488 e. The number of ether oxygens (including phenoxy) is 2. The third-order valence-corrected chi connectivity index (χ3v) is 4.95. The van der Waals surface area contributed by atoms with Gasteiger partial charge in [-0.3, -0.25) is 4.79 Å². The van der Waals surface area contributed by atoms with Crippen molar-refractivity contribution in [2.45, 2.75) is 27.4 Å². The summed E-state index contributed by atoms with van der Waals surface area (Å²) in [6, 6.07) is 11.8. The Morgan fingerprint density at radius 1 is 1.10 bits per heavy atom. The Morgan fingerprint density at radius 2 is 1.87 bits per heavy atom. The fourth-order valence-corrected chi connectivity index (χ4v) is 2.93. The van der Waals surface area contributed by atoms with Gasteiger partial charge in [-0.1, -0.05) is 35.0 Å². The molecule has 3 aromatic rings. The van der Waals surface area contributed by atoms with Crippen molar-refractivity contribution in [1.29, 1.82) is 0 Å². The third kappa shape index (κ3) is 4.99. The number of nitrogens with zero attached hydrogens (tertiary/aromatic N) is 1. The third-order valence-electron chi connectivity index (χ3n) is 4.54. The van der Waals surface area contributed by atoms with Crippen LogP contribution in [0.15, 0.2) is 47.0 Å². The van der Waals surface area contributed by atoms with Gasteiger partial charge in [-0.2, -0.15) is 0 Å². The summed E-state index contributed by atoms with van der Waals surface area (Å²) in [6.45, 7) is 5.15. The van der Waals surface area contributed by atoms with Crippen LogP contribution >= 0.6 is 11.6 Å². The number of benzene rings is 2. The van der Waals surface area contributed by atoms with Gasteiger partial charge in [-0.05, 0) is 50.6 Å². The molecule has 8 heteroatoms. The molecule has 0 aliphatic rings. The number of halogens is 1. The molecule has 30 heavy (non-hydrogen) atoms. The van der Waals surface area contributed by atoms with E-state index in [4.69, 9.17) is 25.6 Å². The number of carbonyl (C=O) groups excluding carboxylic acids is 2. The van der Waals surface area contributed by atoms with E-state index in [0.717, 1.165) is 16.8 Å². The molecular formula is C22H21ClN2O5. The van der Waals surface area contributed by atoms with Gasteiger partial charge in [0.1, 0.15) is 23.7 Å². The first-order chi connectivity index (χ1) is 14.4. The molecular weight excluding hydrogens is 408 g/mol. The zero-order valence-electron chi connectivity index (χ0n) is 16.8. The minimum absolute atomic E-state index is 0.194. The van der Waals surface area contributed by atoms with Crippen molar-refractivity contribution >= 4 is 29.2 Å². The zero-order valence-corrected chi connectivity index (χ0v) is 17.6. The van der Waals surface area contributed by atoms with Gasteiger partial charge in [-0.25, -0.2) is 4.79 Å². The summed E-state index contributed by atoms with van der Waals surface area (Å²) < 4.78 is 16.1. The summed E-state index contributed by atoms with van der Waals surface area (Å²) in [6.07, 6.45) is 0. The molecule has 0 spiro atoms. The monoisotopic (exact) mass is 428 g/mol. The first-order valence-corrected chi connectivity index (χ1v) is 9.60. The lowest BCUT2D eigenvalue weighted by Crippen LogP contribution is -2.21. The molecule has 0 aliphatic heterocycles. The van der Waals surface area contributed by atoms with Crippen LogP contribution in [-0.4, -0.2) is 23.6 Å². The maximum absolute atomic E-state index is 12.5. The molecule has 3 rings (SSSR count). The van der Waals surface area contributed by atoms with E-state index in [1.54, 1.807) is 56.3 Å². The molecule has 0 saturated carbocycles. The summed E-state index contributed by atoms with van der Waals surface area (Å²) in [5, 5.41) is 7.10. The van der Waals surface area contributed by atoms with E-state index >= 15 is 0 Å². The van der Waals surface area contributed by atoms with Crippen molar-refractivity contribution in [3.05, 3.63) is 75.6 Å². The Labute approximate surface area is 178 Å². The number of aromatic nitrogens is 1. The first kappa shape index (κ1) is 21.4. The predicted octanol–water partition coefficient (Wildman–Crippen LogP) is 4.63. The number of para-hydroxylation sites is 1. The van der Waals surface area contributed by atoms with Gasteiger partial charge in [0, 0.05) is 10.7 Å². The number of amides is 1. The molecule has 2 aromatic carbocycles. The van der Waals surface area contributed by atoms with Gasteiger partial charge in [0.2, 0.25) is 0 Å². The average Bonchev–Trinajstić information content (AvgIpc) is 3.05. The average molecular weight is 429 g/mol. The van der Waals surface area contributed by atoms with Gasteiger partial charge in [0.25, 0.3) is 5.91 Å². The number of anilines is 1. The Balaban J connectivity index is 1.61. The van der Waals surface area contributed by atoms with E-state index in [-0.39, 0.29) is 12.2 Å². The van der Waals surface area contributed by atoms with Crippen LogP contribution in [0.1, 0.15) is 32.9 Å². The molecule has 0 radical (unpaired) electrons. The molecule has 0 bridgehead atoms. The van der Waals surface area contributed by atoms with Crippen molar-refractivity contribution in [3.63, 3.8) is 0 Å². The van der Waals surface area contributed by atoms with Crippen LogP contribution in [0, 0.1) is 20.8 Å². The molecule has 7 nitrogen and oxygen atoms in total. The summed E-state index contributed by atoms with van der Waals surface area (Å²) in [4.78, 5) is 24.7. The summed E-state index contributed by atoms with van der Waals surface area (Å²) in [7, 11) is 0. The molecule has 0 saturated heterocycles. The van der Waals surface area contributed by atoms with Gasteiger partial charge >= 0.3 is 5.97 Å². The number of hydrogen-bond donors (Lipinski definition) is 1. The summed E-state index contributed by atoms with van der Waals surface area (Å²) in [5.41, 5.74) is 3.05. The molecule has 1 heterocycles. The van der Waals surface area contributed by atoms with Crippen molar-refractivity contribution in [2.24, 2.45) is 0 Å². The lowest BCUT2D eigenvalue weighted by molar-refractivity contribution is -0.119. The Morgan fingerprint density at radius 3 is 2.60 bits per heavy atom. The van der Waals surface area contributed by atoms with Crippen molar-refractivity contribution in [3.8, 4) is 5.75 Å². The lowest BCUT2D eigenvalue weighted by Gasteiger charge is -2.12. The second kappa shape index (κ2) is 9.45. The van der Waals surface area contributed by atoms with Crippen molar-refractivity contribution in [2.75, 3.05) is 11.9 Å². The predicted molar refractivity (Wildman–Crippen MR) is 112 cm³/mol. The minimum atomic E-state index is -0.665. The molecule has 0 fully saturated rings. The van der Waals surface area contributed by atoms with E-state index in [1.165, 1.54) is 0 Å². The topological polar surface area (TPSA) is 90.7 Å². The Kier molecular flexibility index (Phi) is 6.74. The second-order valence-corrected chi connectivity index (χ2v) is 7.03. The molecule has 1 aromatic heterocycles. The van der Waals surface area contributed by atoms with Crippen molar-refractivity contribution in [1.82, 2.24) is 5.16 Å². The maximum Gasteiger partial charge on any atom is 0.342 e. The number of carbonyl (C=O) groups is 2. The highest BCUT2D eigenvalue weighted by atomic mass is 35.5. The van der Waals surface area contributed by atoms with E-state index < -0.39 is 18.5 Å². The molecule has 0 atom stereocenters. The highest BCUT2D eigenvalue weighted by molar-refractivity contribution is 6.31. The molecule has 156 valence electrons. The molecule has 1 N–H and O–H groups in total. The summed E-state index contributed by atoms with van der Waals surface area (Å²) >= 11 is 6.05. The second-order valence-electron chi connectivity index (χ2n) is 6.62. The van der Waals surface area contributed by atoms with Gasteiger partial charge in [0.15, 0.2) is 6.61 Å². The van der Waals surface area contributed by atoms with Crippen LogP contribution < -0.4 is 10.1 Å². The van der Waals surface area contributed by atoms with E-state index in [0.29, 0.717) is 22.2 Å². The van der Waals surface area contributed by atoms with Gasteiger partial charge in [0.05, 0.1) is 11.3 Å². The molecule has 0 aliphatic carbocycles.